The van der Waals surface area contributed by atoms with E-state index in [0.717, 1.165) is 30.6 Å². The highest BCUT2D eigenvalue weighted by Crippen LogP contribution is 2.23. The molecular formula is C23H28N4O4. The Hall–Kier alpha value is -3.13. The number of nitrogens with zero attached hydrogens (tertiary/aromatic N) is 2. The predicted octanol–water partition coefficient (Wildman–Crippen LogP) is 2.22. The van der Waals surface area contributed by atoms with Crippen LogP contribution in [0.5, 0.6) is 0 Å². The monoisotopic (exact) mass is 424 g/mol. The zero-order valence-corrected chi connectivity index (χ0v) is 17.5. The Bertz CT molecular complexity index is 935. The van der Waals surface area contributed by atoms with Crippen molar-refractivity contribution >= 4 is 23.4 Å². The van der Waals surface area contributed by atoms with Gasteiger partial charge in [-0.1, -0.05) is 12.1 Å². The second-order valence-electron chi connectivity index (χ2n) is 8.30. The Morgan fingerprint density at radius 1 is 1.10 bits per heavy atom. The molecule has 31 heavy (non-hydrogen) atoms. The van der Waals surface area contributed by atoms with Crippen LogP contribution in [0.4, 0.5) is 5.69 Å². The Kier molecular flexibility index (Phi) is 6.36. The van der Waals surface area contributed by atoms with Gasteiger partial charge in [0.15, 0.2) is 0 Å². The number of primary amides is 1. The van der Waals surface area contributed by atoms with E-state index in [1.807, 2.05) is 24.3 Å². The molecule has 0 radical (unpaired) electrons. The number of hydrogen-bond donors (Lipinski definition) is 2. The predicted molar refractivity (Wildman–Crippen MR) is 115 cm³/mol. The third-order valence-electron chi connectivity index (χ3n) is 6.19. The van der Waals surface area contributed by atoms with Gasteiger partial charge in [-0.25, -0.2) is 0 Å². The van der Waals surface area contributed by atoms with E-state index in [1.165, 1.54) is 12.5 Å². The Morgan fingerprint density at radius 2 is 1.90 bits per heavy atom. The van der Waals surface area contributed by atoms with Gasteiger partial charge in [0.1, 0.15) is 6.26 Å². The van der Waals surface area contributed by atoms with Gasteiger partial charge in [0.2, 0.25) is 11.8 Å². The number of hydrogen-bond acceptors (Lipinski definition) is 5. The number of carbonyl (C=O) groups excluding carboxylic acids is 3. The first-order valence-electron chi connectivity index (χ1n) is 10.8. The van der Waals surface area contributed by atoms with Crippen LogP contribution in [0.15, 0.2) is 47.3 Å². The molecule has 3 N–H and O–H groups in total. The van der Waals surface area contributed by atoms with Crippen molar-refractivity contribution in [1.29, 1.82) is 0 Å². The minimum absolute atomic E-state index is 0.0243. The molecule has 3 amide bonds. The highest BCUT2D eigenvalue weighted by atomic mass is 16.3. The fourth-order valence-corrected chi connectivity index (χ4v) is 4.48. The molecule has 1 atom stereocenters. The van der Waals surface area contributed by atoms with Crippen LogP contribution in [0.1, 0.15) is 41.6 Å². The Labute approximate surface area is 181 Å². The molecule has 1 unspecified atom stereocenters. The first kappa shape index (κ1) is 21.1. The van der Waals surface area contributed by atoms with Crippen molar-refractivity contribution in [3.8, 4) is 0 Å². The fourth-order valence-electron chi connectivity index (χ4n) is 4.48. The van der Waals surface area contributed by atoms with Crippen LogP contribution in [0.2, 0.25) is 0 Å². The molecule has 3 heterocycles. The summed E-state index contributed by atoms with van der Waals surface area (Å²) in [5.74, 6) is -0.491. The maximum Gasteiger partial charge on any atom is 0.257 e. The van der Waals surface area contributed by atoms with E-state index in [1.54, 1.807) is 11.0 Å². The highest BCUT2D eigenvalue weighted by Gasteiger charge is 2.30. The van der Waals surface area contributed by atoms with Crippen LogP contribution >= 0.6 is 0 Å². The molecule has 0 spiro atoms. The van der Waals surface area contributed by atoms with E-state index in [2.05, 4.69) is 10.2 Å². The van der Waals surface area contributed by atoms with Crippen molar-refractivity contribution in [3.63, 3.8) is 0 Å². The number of carbonyl (C=O) groups is 3. The summed E-state index contributed by atoms with van der Waals surface area (Å²) in [5.41, 5.74) is 7.83. The molecule has 164 valence electrons. The summed E-state index contributed by atoms with van der Waals surface area (Å²) in [6.45, 7) is 2.57. The molecule has 0 bridgehead atoms. The lowest BCUT2D eigenvalue weighted by Gasteiger charge is -2.31. The number of nitrogens with one attached hydrogen (secondary N) is 1. The summed E-state index contributed by atoms with van der Waals surface area (Å²) < 4.78 is 4.98. The molecule has 2 aliphatic rings. The summed E-state index contributed by atoms with van der Waals surface area (Å²) >= 11 is 0. The molecular weight excluding hydrogens is 396 g/mol. The van der Waals surface area contributed by atoms with Crippen LogP contribution in [-0.4, -0.2) is 53.2 Å². The van der Waals surface area contributed by atoms with Crippen molar-refractivity contribution in [2.45, 2.75) is 38.3 Å². The van der Waals surface area contributed by atoms with Crippen molar-refractivity contribution < 1.29 is 18.8 Å². The molecule has 2 fully saturated rings. The molecule has 2 aromatic rings. The molecule has 1 aromatic heterocycles. The second-order valence-corrected chi connectivity index (χ2v) is 8.30. The minimum Gasteiger partial charge on any atom is -0.472 e. The number of amides is 3. The van der Waals surface area contributed by atoms with E-state index >= 15 is 0 Å². The first-order valence-corrected chi connectivity index (χ1v) is 10.8. The molecule has 1 aromatic carbocycles. The second kappa shape index (κ2) is 9.34. The normalized spacial score (nSPS) is 20.0. The number of anilines is 1. The molecule has 4 rings (SSSR count). The van der Waals surface area contributed by atoms with Gasteiger partial charge in [-0.2, -0.15) is 0 Å². The maximum absolute atomic E-state index is 12.8. The Balaban J connectivity index is 1.30. The third-order valence-corrected chi connectivity index (χ3v) is 6.19. The average molecular weight is 425 g/mol. The summed E-state index contributed by atoms with van der Waals surface area (Å²) in [6, 6.07) is 9.16. The van der Waals surface area contributed by atoms with E-state index in [-0.39, 0.29) is 29.7 Å². The smallest absolute Gasteiger partial charge is 0.257 e. The average Bonchev–Trinajstić information content (AvgIpc) is 3.46. The standard InChI is InChI=1S/C23H28N4O4/c24-21(28)20-5-2-9-27(20)14-16-3-1-4-19(13-16)25-22(29)17-6-10-26(11-7-17)23(30)18-8-12-31-15-18/h1,3-4,8,12-13,15,17,20H,2,5-7,9-11,14H2,(H2,24,28)(H,25,29). The number of piperidine rings is 1. The minimum atomic E-state index is -0.278. The maximum atomic E-state index is 12.8. The van der Waals surface area contributed by atoms with Gasteiger partial charge < -0.3 is 20.4 Å². The zero-order chi connectivity index (χ0) is 21.8. The topological polar surface area (TPSA) is 109 Å². The van der Waals surface area contributed by atoms with Crippen LogP contribution < -0.4 is 11.1 Å². The highest BCUT2D eigenvalue weighted by molar-refractivity contribution is 5.95. The third kappa shape index (κ3) is 4.96. The Morgan fingerprint density at radius 3 is 2.61 bits per heavy atom. The van der Waals surface area contributed by atoms with Crippen LogP contribution in [0.25, 0.3) is 0 Å². The van der Waals surface area contributed by atoms with Crippen molar-refractivity contribution in [3.05, 3.63) is 54.0 Å². The van der Waals surface area contributed by atoms with E-state index < -0.39 is 0 Å². The molecule has 0 aliphatic carbocycles. The van der Waals surface area contributed by atoms with E-state index in [4.69, 9.17) is 10.2 Å². The summed E-state index contributed by atoms with van der Waals surface area (Å²) in [6.07, 6.45) is 5.95. The van der Waals surface area contributed by atoms with Gasteiger partial charge in [0, 0.05) is 31.2 Å². The fraction of sp³-hybridized carbons (Fsp3) is 0.435. The van der Waals surface area contributed by atoms with Gasteiger partial charge in [-0.15, -0.1) is 0 Å². The lowest BCUT2D eigenvalue weighted by atomic mass is 9.95. The number of likely N-dealkylation sites (tertiary alicyclic amines) is 2. The van der Waals surface area contributed by atoms with Crippen molar-refractivity contribution in [2.75, 3.05) is 25.0 Å². The molecule has 0 saturated carbocycles. The molecule has 2 aliphatic heterocycles. The van der Waals surface area contributed by atoms with Crippen LogP contribution in [0, 0.1) is 5.92 Å². The van der Waals surface area contributed by atoms with Crippen molar-refractivity contribution in [1.82, 2.24) is 9.80 Å². The van der Waals surface area contributed by atoms with E-state index in [9.17, 15) is 14.4 Å². The van der Waals surface area contributed by atoms with Gasteiger partial charge in [-0.05, 0) is 56.0 Å². The van der Waals surface area contributed by atoms with Crippen LogP contribution in [0.3, 0.4) is 0 Å². The molecule has 2 saturated heterocycles. The molecule has 8 nitrogen and oxygen atoms in total. The summed E-state index contributed by atoms with van der Waals surface area (Å²) in [4.78, 5) is 40.6. The number of rotatable bonds is 6. The lowest BCUT2D eigenvalue weighted by molar-refractivity contribution is -0.122. The van der Waals surface area contributed by atoms with Crippen molar-refractivity contribution in [2.24, 2.45) is 11.7 Å². The van der Waals surface area contributed by atoms with Gasteiger partial charge in [0.05, 0.1) is 17.9 Å². The summed E-state index contributed by atoms with van der Waals surface area (Å²) in [5, 5.41) is 3.01. The van der Waals surface area contributed by atoms with Crippen LogP contribution in [-0.2, 0) is 16.1 Å². The van der Waals surface area contributed by atoms with Gasteiger partial charge >= 0.3 is 0 Å². The van der Waals surface area contributed by atoms with Gasteiger partial charge in [0.25, 0.3) is 5.91 Å². The number of furan rings is 1. The molecule has 8 heteroatoms. The lowest BCUT2D eigenvalue weighted by Crippen LogP contribution is -2.41. The quantitative estimate of drug-likeness (QED) is 0.739. The van der Waals surface area contributed by atoms with E-state index in [0.29, 0.717) is 38.0 Å². The number of nitrogens with two attached hydrogens (primary N) is 1. The number of benzene rings is 1. The van der Waals surface area contributed by atoms with Gasteiger partial charge in [-0.3, -0.25) is 19.3 Å². The SMILES string of the molecule is NC(=O)C1CCCN1Cc1cccc(NC(=O)C2CCN(C(=O)c3ccoc3)CC2)c1. The summed E-state index contributed by atoms with van der Waals surface area (Å²) in [7, 11) is 0. The first-order chi connectivity index (χ1) is 15.0. The largest absolute Gasteiger partial charge is 0.472 e. The zero-order valence-electron chi connectivity index (χ0n) is 17.5.